The maximum Gasteiger partial charge on any atom is 0.265 e. The summed E-state index contributed by atoms with van der Waals surface area (Å²) < 4.78 is 14.4. The molecule has 0 bridgehead atoms. The zero-order valence-corrected chi connectivity index (χ0v) is 17.7. The number of fused-ring (bicyclic) bond motifs is 4. The Bertz CT molecular complexity index is 1240. The quantitative estimate of drug-likeness (QED) is 0.395. The van der Waals surface area contributed by atoms with E-state index >= 15 is 0 Å². The van der Waals surface area contributed by atoms with Crippen LogP contribution in [-0.4, -0.2) is 51.0 Å². The Morgan fingerprint density at radius 3 is 2.37 bits per heavy atom. The molecule has 0 saturated carbocycles. The number of rotatable bonds is 9. The molecule has 0 unspecified atom stereocenters. The summed E-state index contributed by atoms with van der Waals surface area (Å²) in [4.78, 5) is 27.9. The van der Waals surface area contributed by atoms with Crippen LogP contribution in [0, 0.1) is 6.92 Å². The van der Waals surface area contributed by atoms with Crippen molar-refractivity contribution in [2.75, 3.05) is 26.9 Å². The van der Waals surface area contributed by atoms with Gasteiger partial charge in [-0.2, -0.15) is 0 Å². The number of hydrogen-bond acceptors (Lipinski definition) is 6. The highest BCUT2D eigenvalue weighted by Crippen LogP contribution is 2.25. The molecule has 0 aliphatic carbocycles. The summed E-state index contributed by atoms with van der Waals surface area (Å²) in [5.41, 5.74) is 3.43. The number of methoxy groups -OCH3 is 1. The average Bonchev–Trinajstić information content (AvgIpc) is 3.04. The maximum atomic E-state index is 13.5. The molecule has 8 nitrogen and oxygen atoms in total. The van der Waals surface area contributed by atoms with E-state index in [9.17, 15) is 4.79 Å². The highest BCUT2D eigenvalue weighted by molar-refractivity contribution is 6.04. The molecule has 8 heteroatoms. The van der Waals surface area contributed by atoms with Crippen molar-refractivity contribution >= 4 is 33.2 Å². The van der Waals surface area contributed by atoms with E-state index in [0.717, 1.165) is 23.9 Å². The Hall–Kier alpha value is -2.84. The monoisotopic (exact) mass is 409 g/mol. The van der Waals surface area contributed by atoms with E-state index in [1.54, 1.807) is 11.7 Å². The number of nitrogens with zero attached hydrogens (tertiary/aromatic N) is 5. The Balaban J connectivity index is 1.93. The van der Waals surface area contributed by atoms with E-state index in [0.29, 0.717) is 60.9 Å². The van der Waals surface area contributed by atoms with E-state index in [1.165, 1.54) is 0 Å². The summed E-state index contributed by atoms with van der Waals surface area (Å²) in [5, 5.41) is 0.530. The van der Waals surface area contributed by atoms with Crippen LogP contribution in [0.15, 0.2) is 29.1 Å². The predicted octanol–water partition coefficient (Wildman–Crippen LogP) is 3.07. The molecule has 0 fully saturated rings. The maximum absolute atomic E-state index is 13.5. The number of hydrogen-bond donors (Lipinski definition) is 0. The van der Waals surface area contributed by atoms with Crippen LogP contribution in [0.2, 0.25) is 0 Å². The average molecular weight is 409 g/mol. The van der Waals surface area contributed by atoms with Crippen molar-refractivity contribution in [1.82, 2.24) is 24.1 Å². The van der Waals surface area contributed by atoms with Crippen LogP contribution in [0.5, 0.6) is 0 Å². The fraction of sp³-hybridized carbons (Fsp3) is 0.455. The topological polar surface area (TPSA) is 84.1 Å². The second-order valence-corrected chi connectivity index (χ2v) is 7.25. The summed E-state index contributed by atoms with van der Waals surface area (Å²) in [5.74, 6) is 0.685. The third-order valence-corrected chi connectivity index (χ3v) is 5.25. The van der Waals surface area contributed by atoms with Crippen molar-refractivity contribution in [2.24, 2.45) is 0 Å². The minimum Gasteiger partial charge on any atom is -0.385 e. The van der Waals surface area contributed by atoms with Crippen LogP contribution >= 0.6 is 0 Å². The smallest absolute Gasteiger partial charge is 0.265 e. The summed E-state index contributed by atoms with van der Waals surface area (Å²) in [6, 6.07) is 7.71. The fourth-order valence-electron chi connectivity index (χ4n) is 3.81. The number of ether oxygens (including phenoxy) is 2. The van der Waals surface area contributed by atoms with E-state index in [-0.39, 0.29) is 5.56 Å². The number of aromatic nitrogens is 5. The number of para-hydroxylation sites is 2. The zero-order chi connectivity index (χ0) is 21.1. The van der Waals surface area contributed by atoms with Crippen LogP contribution in [0.4, 0.5) is 0 Å². The highest BCUT2D eigenvalue weighted by Gasteiger charge is 2.20. The Labute approximate surface area is 174 Å². The molecule has 0 amide bonds. The number of benzene rings is 1. The lowest BCUT2D eigenvalue weighted by molar-refractivity contribution is 0.141. The highest BCUT2D eigenvalue weighted by atomic mass is 16.5. The molecule has 30 heavy (non-hydrogen) atoms. The van der Waals surface area contributed by atoms with Crippen molar-refractivity contribution in [3.8, 4) is 0 Å². The van der Waals surface area contributed by atoms with Crippen molar-refractivity contribution in [2.45, 2.75) is 39.8 Å². The molecule has 0 spiro atoms. The van der Waals surface area contributed by atoms with E-state index < -0.39 is 0 Å². The SMILES string of the molecule is CCOCCCn1c(C)nc2c(c1=O)c1nc3ccccc3nc1n2CCCOC. The molecule has 1 aromatic carbocycles. The van der Waals surface area contributed by atoms with Crippen LogP contribution in [0.3, 0.4) is 0 Å². The van der Waals surface area contributed by atoms with Crippen molar-refractivity contribution in [3.63, 3.8) is 0 Å². The molecule has 3 aromatic heterocycles. The van der Waals surface area contributed by atoms with Crippen molar-refractivity contribution in [3.05, 3.63) is 40.4 Å². The van der Waals surface area contributed by atoms with Gasteiger partial charge in [0.15, 0.2) is 11.3 Å². The van der Waals surface area contributed by atoms with Gasteiger partial charge in [-0.15, -0.1) is 0 Å². The fourth-order valence-corrected chi connectivity index (χ4v) is 3.81. The molecule has 0 aliphatic heterocycles. The summed E-state index contributed by atoms with van der Waals surface area (Å²) in [7, 11) is 1.68. The number of aryl methyl sites for hydroxylation is 2. The molecular formula is C22H27N5O3. The largest absolute Gasteiger partial charge is 0.385 e. The molecule has 158 valence electrons. The standard InChI is InChI=1S/C22H27N5O3/c1-4-30-14-8-11-26-15(2)23-20-18(22(26)28)19-21(27(20)12-7-13-29-3)25-17-10-6-5-9-16(17)24-19/h5-6,9-10H,4,7-8,11-14H2,1-3H3. The van der Waals surface area contributed by atoms with Gasteiger partial charge in [0.1, 0.15) is 16.7 Å². The van der Waals surface area contributed by atoms with Gasteiger partial charge in [-0.3, -0.25) is 9.36 Å². The van der Waals surface area contributed by atoms with Gasteiger partial charge in [0.05, 0.1) is 11.0 Å². The Kier molecular flexibility index (Phi) is 6.06. The third kappa shape index (κ3) is 3.68. The van der Waals surface area contributed by atoms with Gasteiger partial charge < -0.3 is 14.0 Å². The molecule has 0 N–H and O–H groups in total. The first-order chi connectivity index (χ1) is 14.7. The lowest BCUT2D eigenvalue weighted by atomic mass is 10.3. The normalized spacial score (nSPS) is 11.8. The van der Waals surface area contributed by atoms with Gasteiger partial charge in [0.2, 0.25) is 0 Å². The third-order valence-electron chi connectivity index (χ3n) is 5.25. The molecule has 0 radical (unpaired) electrons. The van der Waals surface area contributed by atoms with Crippen molar-refractivity contribution in [1.29, 1.82) is 0 Å². The Morgan fingerprint density at radius 2 is 1.63 bits per heavy atom. The van der Waals surface area contributed by atoms with Gasteiger partial charge >= 0.3 is 0 Å². The van der Waals surface area contributed by atoms with E-state index in [2.05, 4.69) is 0 Å². The second kappa shape index (κ2) is 8.89. The van der Waals surface area contributed by atoms with Gasteiger partial charge in [0, 0.05) is 40.0 Å². The van der Waals surface area contributed by atoms with Crippen LogP contribution in [0.25, 0.3) is 33.2 Å². The Morgan fingerprint density at radius 1 is 0.933 bits per heavy atom. The van der Waals surface area contributed by atoms with E-state index in [1.807, 2.05) is 42.7 Å². The van der Waals surface area contributed by atoms with Gasteiger partial charge in [-0.05, 0) is 38.8 Å². The molecule has 4 aromatic rings. The molecule has 3 heterocycles. The lowest BCUT2D eigenvalue weighted by Gasteiger charge is -2.11. The molecule has 0 saturated heterocycles. The van der Waals surface area contributed by atoms with Gasteiger partial charge in [-0.1, -0.05) is 12.1 Å². The van der Waals surface area contributed by atoms with E-state index in [4.69, 9.17) is 24.4 Å². The predicted molar refractivity (Wildman–Crippen MR) is 117 cm³/mol. The molecule has 0 aliphatic rings. The minimum atomic E-state index is -0.0749. The van der Waals surface area contributed by atoms with Crippen LogP contribution < -0.4 is 5.56 Å². The van der Waals surface area contributed by atoms with Crippen LogP contribution in [0.1, 0.15) is 25.6 Å². The van der Waals surface area contributed by atoms with Crippen LogP contribution in [-0.2, 0) is 22.6 Å². The minimum absolute atomic E-state index is 0.0749. The summed E-state index contributed by atoms with van der Waals surface area (Å²) in [6.07, 6.45) is 1.55. The van der Waals surface area contributed by atoms with Gasteiger partial charge in [-0.25, -0.2) is 15.0 Å². The first-order valence-corrected chi connectivity index (χ1v) is 10.4. The second-order valence-electron chi connectivity index (χ2n) is 7.25. The molecule has 4 rings (SSSR count). The molecular weight excluding hydrogens is 382 g/mol. The first-order valence-electron chi connectivity index (χ1n) is 10.4. The zero-order valence-electron chi connectivity index (χ0n) is 17.7. The first kappa shape index (κ1) is 20.4. The lowest BCUT2D eigenvalue weighted by Crippen LogP contribution is -2.25. The summed E-state index contributed by atoms with van der Waals surface area (Å²) in [6.45, 7) is 6.95. The van der Waals surface area contributed by atoms with Crippen molar-refractivity contribution < 1.29 is 9.47 Å². The molecule has 0 atom stereocenters. The van der Waals surface area contributed by atoms with Gasteiger partial charge in [0.25, 0.3) is 5.56 Å². The summed E-state index contributed by atoms with van der Waals surface area (Å²) >= 11 is 0.